The summed E-state index contributed by atoms with van der Waals surface area (Å²) in [7, 11) is 0. The van der Waals surface area contributed by atoms with Gasteiger partial charge in [0.05, 0.1) is 16.2 Å². The molecule has 7 nitrogen and oxygen atoms in total. The van der Waals surface area contributed by atoms with E-state index in [0.29, 0.717) is 22.0 Å². The topological polar surface area (TPSA) is 92.6 Å². The first-order valence-corrected chi connectivity index (χ1v) is 10.7. The van der Waals surface area contributed by atoms with Crippen LogP contribution in [0, 0.1) is 17.0 Å². The summed E-state index contributed by atoms with van der Waals surface area (Å²) in [5.41, 5.74) is 3.34. The number of rotatable bonds is 6. The monoisotopic (exact) mass is 461 g/mol. The molecule has 0 saturated heterocycles. The molecule has 166 valence electrons. The van der Waals surface area contributed by atoms with Crippen molar-refractivity contribution in [3.05, 3.63) is 104 Å². The summed E-state index contributed by atoms with van der Waals surface area (Å²) in [5.74, 6) is -1.03. The molecule has 1 aliphatic heterocycles. The van der Waals surface area contributed by atoms with E-state index in [0.717, 1.165) is 22.4 Å². The van der Waals surface area contributed by atoms with E-state index < -0.39 is 16.7 Å². The van der Waals surface area contributed by atoms with E-state index in [9.17, 15) is 19.7 Å². The normalized spacial score (nSPS) is 13.6. The van der Waals surface area contributed by atoms with Crippen LogP contribution >= 0.6 is 11.6 Å². The van der Waals surface area contributed by atoms with E-state index in [-0.39, 0.29) is 17.0 Å². The lowest BCUT2D eigenvalue weighted by atomic mass is 10.0. The van der Waals surface area contributed by atoms with Crippen LogP contribution in [0.25, 0.3) is 5.57 Å². The molecule has 0 spiro atoms. The van der Waals surface area contributed by atoms with Crippen LogP contribution < -0.4 is 10.2 Å². The van der Waals surface area contributed by atoms with Crippen LogP contribution in [0.4, 0.5) is 17.1 Å². The number of nitrogens with zero attached hydrogens (tertiary/aromatic N) is 2. The highest BCUT2D eigenvalue weighted by Crippen LogP contribution is 2.35. The molecule has 2 amide bonds. The number of anilines is 2. The quantitative estimate of drug-likeness (QED) is 0.296. The number of benzene rings is 3. The molecule has 0 fully saturated rings. The number of hydrogen-bond acceptors (Lipinski definition) is 5. The minimum absolute atomic E-state index is 0.0822. The van der Waals surface area contributed by atoms with Gasteiger partial charge in [-0.05, 0) is 66.4 Å². The summed E-state index contributed by atoms with van der Waals surface area (Å²) in [5, 5.41) is 14.7. The van der Waals surface area contributed by atoms with Crippen LogP contribution in [-0.2, 0) is 16.0 Å². The third kappa shape index (κ3) is 4.10. The lowest BCUT2D eigenvalue weighted by molar-refractivity contribution is -0.384. The van der Waals surface area contributed by atoms with Gasteiger partial charge in [0.1, 0.15) is 5.70 Å². The number of carbonyl (C=O) groups is 2. The molecule has 0 bridgehead atoms. The summed E-state index contributed by atoms with van der Waals surface area (Å²) in [4.78, 5) is 38.6. The third-order valence-corrected chi connectivity index (χ3v) is 5.99. The van der Waals surface area contributed by atoms with Crippen molar-refractivity contribution in [2.75, 3.05) is 10.2 Å². The second kappa shape index (κ2) is 8.88. The maximum absolute atomic E-state index is 13.5. The summed E-state index contributed by atoms with van der Waals surface area (Å²) in [6.45, 7) is 3.82. The molecule has 1 N–H and O–H groups in total. The predicted octanol–water partition coefficient (Wildman–Crippen LogP) is 5.52. The van der Waals surface area contributed by atoms with Gasteiger partial charge >= 0.3 is 0 Å². The van der Waals surface area contributed by atoms with Gasteiger partial charge in [-0.2, -0.15) is 0 Å². The van der Waals surface area contributed by atoms with Crippen LogP contribution in [0.2, 0.25) is 5.02 Å². The molecule has 1 aliphatic rings. The molecule has 0 atom stereocenters. The van der Waals surface area contributed by atoms with Crippen molar-refractivity contribution >= 4 is 46.1 Å². The van der Waals surface area contributed by atoms with E-state index in [4.69, 9.17) is 11.6 Å². The maximum atomic E-state index is 13.5. The summed E-state index contributed by atoms with van der Waals surface area (Å²) in [6, 6.07) is 18.0. The third-order valence-electron chi connectivity index (χ3n) is 5.58. The Morgan fingerprint density at radius 1 is 0.970 bits per heavy atom. The van der Waals surface area contributed by atoms with Crippen molar-refractivity contribution < 1.29 is 14.5 Å². The van der Waals surface area contributed by atoms with Crippen LogP contribution in [0.3, 0.4) is 0 Å². The van der Waals surface area contributed by atoms with Crippen molar-refractivity contribution in [3.63, 3.8) is 0 Å². The number of amides is 2. The number of nitrogens with one attached hydrogen (secondary N) is 1. The molecule has 3 aromatic carbocycles. The van der Waals surface area contributed by atoms with E-state index in [1.165, 1.54) is 24.3 Å². The second-order valence-corrected chi connectivity index (χ2v) is 7.96. The fraction of sp³-hybridized carbons (Fsp3) is 0.120. The molecule has 0 aromatic heterocycles. The maximum Gasteiger partial charge on any atom is 0.282 e. The minimum Gasteiger partial charge on any atom is -0.350 e. The van der Waals surface area contributed by atoms with E-state index >= 15 is 0 Å². The van der Waals surface area contributed by atoms with Gasteiger partial charge in [0.2, 0.25) is 0 Å². The van der Waals surface area contributed by atoms with Gasteiger partial charge in [-0.1, -0.05) is 36.7 Å². The fourth-order valence-electron chi connectivity index (χ4n) is 3.66. The number of aryl methyl sites for hydroxylation is 1. The standard InChI is InChI=1S/C25H20ClN3O4/c1-3-16-7-11-18(12-8-16)28-24(30)22(17-9-13-19(14-10-17)29(32)33)23(25(28)31)27-21-6-4-5-20(26)15(21)2/h4-14,27H,3H2,1-2H3. The Bertz CT molecular complexity index is 1300. The smallest absolute Gasteiger partial charge is 0.282 e. The largest absolute Gasteiger partial charge is 0.350 e. The Morgan fingerprint density at radius 3 is 2.24 bits per heavy atom. The number of hydrogen-bond donors (Lipinski definition) is 1. The van der Waals surface area contributed by atoms with Crippen LogP contribution in [0.15, 0.2) is 72.4 Å². The summed E-state index contributed by atoms with van der Waals surface area (Å²) < 4.78 is 0. The Morgan fingerprint density at radius 2 is 1.64 bits per heavy atom. The van der Waals surface area contributed by atoms with E-state index in [1.807, 2.05) is 19.1 Å². The molecule has 3 aromatic rings. The lowest BCUT2D eigenvalue weighted by Gasteiger charge is -2.16. The number of nitro groups is 1. The van der Waals surface area contributed by atoms with Gasteiger partial charge in [0.15, 0.2) is 0 Å². The molecule has 0 aliphatic carbocycles. The molecule has 33 heavy (non-hydrogen) atoms. The number of non-ortho nitro benzene ring substituents is 1. The zero-order valence-corrected chi connectivity index (χ0v) is 18.7. The zero-order valence-electron chi connectivity index (χ0n) is 18.0. The van der Waals surface area contributed by atoms with Gasteiger partial charge in [-0.15, -0.1) is 0 Å². The highest BCUT2D eigenvalue weighted by Gasteiger charge is 2.40. The SMILES string of the molecule is CCc1ccc(N2C(=O)C(Nc3cccc(Cl)c3C)=C(c3ccc([N+](=O)[O-])cc3)C2=O)cc1. The minimum atomic E-state index is -0.518. The van der Waals surface area contributed by atoms with Gasteiger partial charge < -0.3 is 5.32 Å². The Kier molecular flexibility index (Phi) is 5.98. The second-order valence-electron chi connectivity index (χ2n) is 7.56. The Balaban J connectivity index is 1.82. The first kappa shape index (κ1) is 22.2. The molecule has 4 rings (SSSR count). The van der Waals surface area contributed by atoms with E-state index in [1.54, 1.807) is 37.3 Å². The number of nitro benzene ring substituents is 1. The first-order valence-electron chi connectivity index (χ1n) is 10.3. The van der Waals surface area contributed by atoms with Crippen molar-refractivity contribution in [2.24, 2.45) is 0 Å². The number of halogens is 1. The van der Waals surface area contributed by atoms with Crippen LogP contribution in [0.5, 0.6) is 0 Å². The molecule has 8 heteroatoms. The van der Waals surface area contributed by atoms with E-state index in [2.05, 4.69) is 5.32 Å². The van der Waals surface area contributed by atoms with Gasteiger partial charge in [-0.25, -0.2) is 4.90 Å². The predicted molar refractivity (Wildman–Crippen MR) is 128 cm³/mol. The average molecular weight is 462 g/mol. The molecular formula is C25H20ClN3O4. The molecule has 1 heterocycles. The molecule has 0 unspecified atom stereocenters. The van der Waals surface area contributed by atoms with Crippen molar-refractivity contribution in [3.8, 4) is 0 Å². The van der Waals surface area contributed by atoms with Gasteiger partial charge in [-0.3, -0.25) is 19.7 Å². The number of carbonyl (C=O) groups excluding carboxylic acids is 2. The Hall–Kier alpha value is -3.97. The average Bonchev–Trinajstić information content (AvgIpc) is 3.06. The van der Waals surface area contributed by atoms with Crippen molar-refractivity contribution in [1.82, 2.24) is 0 Å². The summed E-state index contributed by atoms with van der Waals surface area (Å²) in [6.07, 6.45) is 0.829. The first-order chi connectivity index (χ1) is 15.8. The van der Waals surface area contributed by atoms with Gasteiger partial charge in [0, 0.05) is 22.8 Å². The van der Waals surface area contributed by atoms with Crippen LogP contribution in [-0.4, -0.2) is 16.7 Å². The van der Waals surface area contributed by atoms with Crippen molar-refractivity contribution in [1.29, 1.82) is 0 Å². The Labute approximate surface area is 195 Å². The lowest BCUT2D eigenvalue weighted by Crippen LogP contribution is -2.32. The molecule has 0 saturated carbocycles. The zero-order chi connectivity index (χ0) is 23.7. The highest BCUT2D eigenvalue weighted by atomic mass is 35.5. The molecule has 0 radical (unpaired) electrons. The molecular weight excluding hydrogens is 442 g/mol. The summed E-state index contributed by atoms with van der Waals surface area (Å²) >= 11 is 6.24. The highest BCUT2D eigenvalue weighted by molar-refractivity contribution is 6.46. The van der Waals surface area contributed by atoms with Crippen molar-refractivity contribution in [2.45, 2.75) is 20.3 Å². The van der Waals surface area contributed by atoms with Gasteiger partial charge in [0.25, 0.3) is 17.5 Å². The fourth-order valence-corrected chi connectivity index (χ4v) is 3.83. The number of imide groups is 1. The van der Waals surface area contributed by atoms with Crippen LogP contribution in [0.1, 0.15) is 23.6 Å².